The zero-order chi connectivity index (χ0) is 32.5. The third-order valence-corrected chi connectivity index (χ3v) is 9.41. The number of rotatable bonds is 12. The Morgan fingerprint density at radius 1 is 1.07 bits per heavy atom. The number of carbonyl (C=O) groups is 2. The van der Waals surface area contributed by atoms with Gasteiger partial charge in [0.15, 0.2) is 5.54 Å². The highest BCUT2D eigenvalue weighted by atomic mass is 32.2. The standard InChI is InChI=1S/C29H33F6N3O5S/c1-18(2)38-14-12-19(17-38)23-16-27(29(33,34)35,36-25(39)24(23)26(40)37-44(41,42)22-10-11-22)20-6-8-21(9-7-20)43-15-5-3-4-13-28(30,31)32/h6-9,12,14,17-18,22H,3-5,10-11,13,15-16H2,1-2H3,(H,36,39)(H,37,40). The van der Waals surface area contributed by atoms with Crippen LogP contribution in [-0.2, 0) is 25.2 Å². The maximum absolute atomic E-state index is 14.9. The van der Waals surface area contributed by atoms with E-state index < -0.39 is 63.4 Å². The van der Waals surface area contributed by atoms with Crippen molar-refractivity contribution in [2.45, 2.75) is 88.0 Å². The minimum atomic E-state index is -5.06. The minimum absolute atomic E-state index is 0.0559. The summed E-state index contributed by atoms with van der Waals surface area (Å²) in [7, 11) is -4.11. The van der Waals surface area contributed by atoms with E-state index in [0.29, 0.717) is 19.3 Å². The molecule has 8 nitrogen and oxygen atoms in total. The maximum Gasteiger partial charge on any atom is 0.416 e. The Morgan fingerprint density at radius 2 is 1.73 bits per heavy atom. The number of aromatic nitrogens is 1. The molecule has 1 aromatic heterocycles. The third kappa shape index (κ3) is 7.59. The first-order chi connectivity index (χ1) is 20.4. The van der Waals surface area contributed by atoms with Crippen molar-refractivity contribution in [3.63, 3.8) is 0 Å². The lowest BCUT2D eigenvalue weighted by atomic mass is 9.76. The molecule has 2 heterocycles. The van der Waals surface area contributed by atoms with Gasteiger partial charge < -0.3 is 14.6 Å². The van der Waals surface area contributed by atoms with Crippen molar-refractivity contribution in [2.24, 2.45) is 0 Å². The van der Waals surface area contributed by atoms with Crippen LogP contribution in [0.5, 0.6) is 5.75 Å². The van der Waals surface area contributed by atoms with Crippen molar-refractivity contribution in [3.05, 3.63) is 59.4 Å². The molecule has 1 aromatic carbocycles. The lowest BCUT2D eigenvalue weighted by Crippen LogP contribution is -2.59. The summed E-state index contributed by atoms with van der Waals surface area (Å²) < 4.78 is 116. The normalized spacial score (nSPS) is 19.7. The molecule has 2 N–H and O–H groups in total. The Balaban J connectivity index is 1.64. The Labute approximate surface area is 250 Å². The van der Waals surface area contributed by atoms with E-state index in [1.54, 1.807) is 10.8 Å². The molecule has 2 aromatic rings. The predicted octanol–water partition coefficient (Wildman–Crippen LogP) is 5.91. The SMILES string of the molecule is CC(C)n1ccc(C2=C(C(=O)NS(=O)(=O)C3CC3)C(=O)NC(c3ccc(OCCCCCC(F)(F)F)cc3)(C(F)(F)F)C2)c1. The largest absolute Gasteiger partial charge is 0.494 e. The summed E-state index contributed by atoms with van der Waals surface area (Å²) in [5.41, 5.74) is -4.17. The van der Waals surface area contributed by atoms with Gasteiger partial charge in [-0.3, -0.25) is 9.59 Å². The maximum atomic E-state index is 14.9. The summed E-state index contributed by atoms with van der Waals surface area (Å²) >= 11 is 0. The Kier molecular flexibility index (Phi) is 9.48. The first kappa shape index (κ1) is 33.4. The highest BCUT2D eigenvalue weighted by Crippen LogP contribution is 2.49. The number of nitrogens with zero attached hydrogens (tertiary/aromatic N) is 1. The third-order valence-electron chi connectivity index (χ3n) is 7.59. The van der Waals surface area contributed by atoms with E-state index in [9.17, 15) is 44.3 Å². The fourth-order valence-corrected chi connectivity index (χ4v) is 6.26. The van der Waals surface area contributed by atoms with Crippen LogP contribution >= 0.6 is 0 Å². The van der Waals surface area contributed by atoms with Crippen molar-refractivity contribution in [1.29, 1.82) is 0 Å². The van der Waals surface area contributed by atoms with Crippen molar-refractivity contribution in [2.75, 3.05) is 6.61 Å². The molecule has 1 unspecified atom stereocenters. The van der Waals surface area contributed by atoms with Gasteiger partial charge in [-0.1, -0.05) is 12.1 Å². The first-order valence-corrected chi connectivity index (χ1v) is 15.6. The van der Waals surface area contributed by atoms with Crippen molar-refractivity contribution in [1.82, 2.24) is 14.6 Å². The summed E-state index contributed by atoms with van der Waals surface area (Å²) in [5.74, 6) is -2.51. The number of sulfonamides is 1. The molecule has 1 aliphatic carbocycles. The molecule has 1 fully saturated rings. The van der Waals surface area contributed by atoms with Crippen LogP contribution in [0.4, 0.5) is 26.3 Å². The molecule has 1 saturated carbocycles. The summed E-state index contributed by atoms with van der Waals surface area (Å²) in [6.07, 6.45) is -6.89. The molecule has 15 heteroatoms. The van der Waals surface area contributed by atoms with Crippen molar-refractivity contribution < 1.29 is 49.1 Å². The summed E-state index contributed by atoms with van der Waals surface area (Å²) in [6.45, 7) is 3.71. The van der Waals surface area contributed by atoms with Crippen LogP contribution in [0.1, 0.15) is 76.0 Å². The molecule has 0 spiro atoms. The van der Waals surface area contributed by atoms with Gasteiger partial charge >= 0.3 is 12.4 Å². The second-order valence-electron chi connectivity index (χ2n) is 11.3. The number of hydrogen-bond donors (Lipinski definition) is 2. The average Bonchev–Trinajstić information content (AvgIpc) is 3.66. The Hall–Kier alpha value is -3.49. The van der Waals surface area contributed by atoms with Gasteiger partial charge in [-0.15, -0.1) is 0 Å². The monoisotopic (exact) mass is 649 g/mol. The summed E-state index contributed by atoms with van der Waals surface area (Å²) in [6, 6.07) is 6.11. The number of unbranched alkanes of at least 4 members (excludes halogenated alkanes) is 2. The van der Waals surface area contributed by atoms with Gasteiger partial charge in [0.05, 0.1) is 11.9 Å². The lowest BCUT2D eigenvalue weighted by molar-refractivity contribution is -0.201. The molecule has 2 amide bonds. The number of nitrogens with one attached hydrogen (secondary N) is 2. The van der Waals surface area contributed by atoms with E-state index in [4.69, 9.17) is 4.74 Å². The second-order valence-corrected chi connectivity index (χ2v) is 13.3. The van der Waals surface area contributed by atoms with E-state index in [1.807, 2.05) is 23.9 Å². The van der Waals surface area contributed by atoms with Gasteiger partial charge in [0.1, 0.15) is 11.3 Å². The molecule has 1 aliphatic heterocycles. The zero-order valence-electron chi connectivity index (χ0n) is 24.0. The van der Waals surface area contributed by atoms with Crippen LogP contribution in [-0.4, -0.2) is 49.0 Å². The lowest BCUT2D eigenvalue weighted by Gasteiger charge is -2.41. The summed E-state index contributed by atoms with van der Waals surface area (Å²) in [4.78, 5) is 26.6. The molecule has 0 bridgehead atoms. The quantitative estimate of drug-likeness (QED) is 0.169. The molecule has 44 heavy (non-hydrogen) atoms. The van der Waals surface area contributed by atoms with Gasteiger partial charge in [-0.05, 0) is 80.9 Å². The molecule has 2 aliphatic rings. The van der Waals surface area contributed by atoms with Crippen LogP contribution in [0.3, 0.4) is 0 Å². The van der Waals surface area contributed by atoms with Crippen molar-refractivity contribution in [3.8, 4) is 5.75 Å². The van der Waals surface area contributed by atoms with Crippen LogP contribution in [0.2, 0.25) is 0 Å². The molecular weight excluding hydrogens is 616 g/mol. The van der Waals surface area contributed by atoms with Crippen LogP contribution in [0, 0.1) is 0 Å². The van der Waals surface area contributed by atoms with Crippen LogP contribution < -0.4 is 14.8 Å². The molecule has 0 radical (unpaired) electrons. The predicted molar refractivity (Wildman–Crippen MR) is 149 cm³/mol. The number of amides is 2. The van der Waals surface area contributed by atoms with E-state index in [2.05, 4.69) is 0 Å². The highest BCUT2D eigenvalue weighted by Gasteiger charge is 2.60. The van der Waals surface area contributed by atoms with E-state index in [1.165, 1.54) is 24.4 Å². The van der Waals surface area contributed by atoms with E-state index in [-0.39, 0.29) is 47.9 Å². The molecule has 242 valence electrons. The Bertz CT molecular complexity index is 1510. The second kappa shape index (κ2) is 12.5. The summed E-state index contributed by atoms with van der Waals surface area (Å²) in [5, 5.41) is 1.15. The van der Waals surface area contributed by atoms with Gasteiger partial charge in [-0.2, -0.15) is 26.3 Å². The smallest absolute Gasteiger partial charge is 0.416 e. The number of benzene rings is 1. The fourth-order valence-electron chi connectivity index (χ4n) is 4.97. The first-order valence-electron chi connectivity index (χ1n) is 14.1. The van der Waals surface area contributed by atoms with E-state index in [0.717, 1.165) is 12.1 Å². The van der Waals surface area contributed by atoms with Crippen LogP contribution in [0.15, 0.2) is 48.3 Å². The molecule has 1 atom stereocenters. The van der Waals surface area contributed by atoms with Gasteiger partial charge in [0.25, 0.3) is 11.8 Å². The zero-order valence-corrected chi connectivity index (χ0v) is 24.8. The molecular formula is C29H33F6N3O5S. The highest BCUT2D eigenvalue weighted by molar-refractivity contribution is 7.91. The Morgan fingerprint density at radius 3 is 2.27 bits per heavy atom. The number of ether oxygens (including phenoxy) is 1. The van der Waals surface area contributed by atoms with Gasteiger partial charge in [0, 0.05) is 31.3 Å². The van der Waals surface area contributed by atoms with Crippen molar-refractivity contribution >= 4 is 27.4 Å². The topological polar surface area (TPSA) is 107 Å². The number of carbonyl (C=O) groups excluding carboxylic acids is 2. The average molecular weight is 650 g/mol. The number of alkyl halides is 6. The molecule has 0 saturated heterocycles. The van der Waals surface area contributed by atoms with E-state index >= 15 is 0 Å². The molecule has 4 rings (SSSR count). The van der Waals surface area contributed by atoms with Gasteiger partial charge in [0.2, 0.25) is 10.0 Å². The van der Waals surface area contributed by atoms with Crippen LogP contribution in [0.25, 0.3) is 5.57 Å². The minimum Gasteiger partial charge on any atom is -0.494 e. The fraction of sp³-hybridized carbons (Fsp3) is 0.517. The number of hydrogen-bond acceptors (Lipinski definition) is 5. The number of halogens is 6. The van der Waals surface area contributed by atoms with Gasteiger partial charge in [-0.25, -0.2) is 13.1 Å².